The van der Waals surface area contributed by atoms with Gasteiger partial charge in [0, 0.05) is 37.2 Å². The van der Waals surface area contributed by atoms with Crippen LogP contribution in [0.5, 0.6) is 0 Å². The second kappa shape index (κ2) is 11.5. The Hall–Kier alpha value is -2.46. The molecular formula is C25H30ClN3O5S. The third-order valence-corrected chi connectivity index (χ3v) is 8.65. The highest BCUT2D eigenvalue weighted by Gasteiger charge is 2.32. The number of anilines is 1. The summed E-state index contributed by atoms with van der Waals surface area (Å²) in [6.07, 6.45) is 2.75. The van der Waals surface area contributed by atoms with E-state index in [0.717, 1.165) is 12.8 Å². The summed E-state index contributed by atoms with van der Waals surface area (Å²) in [6, 6.07) is 13.8. The zero-order chi connectivity index (χ0) is 24.8. The molecule has 10 heteroatoms. The van der Waals surface area contributed by atoms with Crippen LogP contribution in [0.25, 0.3) is 0 Å². The largest absolute Gasteiger partial charge is 0.376 e. The molecule has 0 spiro atoms. The predicted octanol–water partition coefficient (Wildman–Crippen LogP) is 3.43. The maximum Gasteiger partial charge on any atom is 0.253 e. The maximum atomic E-state index is 13.0. The molecule has 0 radical (unpaired) electrons. The van der Waals surface area contributed by atoms with Gasteiger partial charge in [0.2, 0.25) is 15.9 Å². The standard InChI is InChI=1S/C25H30ClN3O5S/c26-22-9-3-1-6-19(22)17-35(32,33)29-13-11-18(12-14-29)24(30)28-23-10-4-2-8-21(23)25(31)27-16-20-7-5-15-34-20/h1-4,6,8-10,18,20H,5,7,11-17H2,(H,27,31)(H,28,30)/t20-/m0/s1. The molecule has 2 heterocycles. The van der Waals surface area contributed by atoms with Gasteiger partial charge in [-0.3, -0.25) is 9.59 Å². The molecule has 1 atom stereocenters. The lowest BCUT2D eigenvalue weighted by molar-refractivity contribution is -0.120. The number of halogens is 1. The number of hydrogen-bond donors (Lipinski definition) is 2. The lowest BCUT2D eigenvalue weighted by Crippen LogP contribution is -2.42. The second-order valence-electron chi connectivity index (χ2n) is 8.90. The molecule has 2 saturated heterocycles. The average molecular weight is 520 g/mol. The Kier molecular flexibility index (Phi) is 8.43. The van der Waals surface area contributed by atoms with Gasteiger partial charge in [-0.15, -0.1) is 0 Å². The summed E-state index contributed by atoms with van der Waals surface area (Å²) in [5.74, 6) is -0.994. The van der Waals surface area contributed by atoms with Crippen molar-refractivity contribution < 1.29 is 22.7 Å². The van der Waals surface area contributed by atoms with Gasteiger partial charge in [-0.25, -0.2) is 12.7 Å². The number of nitrogens with one attached hydrogen (secondary N) is 2. The minimum absolute atomic E-state index is 0.0279. The molecule has 4 rings (SSSR count). The number of sulfonamides is 1. The van der Waals surface area contributed by atoms with Crippen molar-refractivity contribution in [3.8, 4) is 0 Å². The topological polar surface area (TPSA) is 105 Å². The molecule has 2 aromatic carbocycles. The molecule has 2 N–H and O–H groups in total. The van der Waals surface area contributed by atoms with Crippen LogP contribution >= 0.6 is 11.6 Å². The van der Waals surface area contributed by atoms with E-state index in [1.165, 1.54) is 4.31 Å². The number of rotatable bonds is 8. The summed E-state index contributed by atoms with van der Waals surface area (Å²) < 4.78 is 32.7. The number of nitrogens with zero attached hydrogens (tertiary/aromatic N) is 1. The highest BCUT2D eigenvalue weighted by Crippen LogP contribution is 2.26. The number of hydrogen-bond acceptors (Lipinski definition) is 5. The van der Waals surface area contributed by atoms with Gasteiger partial charge in [-0.2, -0.15) is 0 Å². The first-order chi connectivity index (χ1) is 16.8. The third-order valence-electron chi connectivity index (χ3n) is 6.46. The molecule has 2 aliphatic rings. The minimum Gasteiger partial charge on any atom is -0.376 e. The number of piperidine rings is 1. The summed E-state index contributed by atoms with van der Waals surface area (Å²) >= 11 is 6.13. The molecule has 8 nitrogen and oxygen atoms in total. The summed E-state index contributed by atoms with van der Waals surface area (Å²) in [5, 5.41) is 6.18. The number of benzene rings is 2. The van der Waals surface area contributed by atoms with Gasteiger partial charge in [0.05, 0.1) is 23.1 Å². The van der Waals surface area contributed by atoms with Crippen molar-refractivity contribution >= 4 is 39.1 Å². The summed E-state index contributed by atoms with van der Waals surface area (Å²) in [4.78, 5) is 25.7. The zero-order valence-electron chi connectivity index (χ0n) is 19.4. The molecule has 0 saturated carbocycles. The highest BCUT2D eigenvalue weighted by atomic mass is 35.5. The smallest absolute Gasteiger partial charge is 0.253 e. The van der Waals surface area contributed by atoms with Gasteiger partial charge in [-0.1, -0.05) is 41.9 Å². The van der Waals surface area contributed by atoms with Crippen LogP contribution < -0.4 is 10.6 Å². The van der Waals surface area contributed by atoms with Crippen LogP contribution in [0.1, 0.15) is 41.6 Å². The van der Waals surface area contributed by atoms with E-state index in [1.807, 2.05) is 0 Å². The molecule has 0 aromatic heterocycles. The molecule has 188 valence electrons. The number of ether oxygens (including phenoxy) is 1. The molecule has 2 aliphatic heterocycles. The van der Waals surface area contributed by atoms with E-state index in [-0.39, 0.29) is 42.7 Å². The molecular weight excluding hydrogens is 490 g/mol. The normalized spacial score (nSPS) is 19.4. The number of carbonyl (C=O) groups is 2. The Labute approximate surface area is 211 Å². The Morgan fingerprint density at radius 1 is 1.03 bits per heavy atom. The zero-order valence-corrected chi connectivity index (χ0v) is 21.0. The third kappa shape index (κ3) is 6.61. The van der Waals surface area contributed by atoms with E-state index < -0.39 is 10.0 Å². The average Bonchev–Trinajstić information content (AvgIpc) is 3.38. The number of para-hydroxylation sites is 1. The SMILES string of the molecule is O=C(NC[C@@H]1CCCO1)c1ccccc1NC(=O)C1CCN(S(=O)(=O)Cc2ccccc2Cl)CC1. The van der Waals surface area contributed by atoms with E-state index in [4.69, 9.17) is 16.3 Å². The van der Waals surface area contributed by atoms with Gasteiger partial charge in [0.15, 0.2) is 0 Å². The number of amides is 2. The first-order valence-electron chi connectivity index (χ1n) is 11.8. The molecule has 0 unspecified atom stereocenters. The van der Waals surface area contributed by atoms with Crippen molar-refractivity contribution in [1.82, 2.24) is 9.62 Å². The summed E-state index contributed by atoms with van der Waals surface area (Å²) in [6.45, 7) is 1.67. The van der Waals surface area contributed by atoms with Crippen molar-refractivity contribution in [2.24, 2.45) is 5.92 Å². The van der Waals surface area contributed by atoms with Crippen molar-refractivity contribution in [2.75, 3.05) is 31.6 Å². The molecule has 2 aromatic rings. The quantitative estimate of drug-likeness (QED) is 0.556. The van der Waals surface area contributed by atoms with Crippen LogP contribution in [0.4, 0.5) is 5.69 Å². The minimum atomic E-state index is -3.54. The maximum absolute atomic E-state index is 13.0. The first-order valence-corrected chi connectivity index (χ1v) is 13.8. The fourth-order valence-electron chi connectivity index (χ4n) is 4.43. The van der Waals surface area contributed by atoms with Gasteiger partial charge in [0.1, 0.15) is 0 Å². The Morgan fingerprint density at radius 3 is 2.46 bits per heavy atom. The molecule has 0 aliphatic carbocycles. The van der Waals surface area contributed by atoms with E-state index >= 15 is 0 Å². The van der Waals surface area contributed by atoms with Crippen LogP contribution in [0.15, 0.2) is 48.5 Å². The van der Waals surface area contributed by atoms with Crippen LogP contribution in [-0.4, -0.2) is 56.9 Å². The fraction of sp³-hybridized carbons (Fsp3) is 0.440. The van der Waals surface area contributed by atoms with Gasteiger partial charge in [-0.05, 0) is 49.4 Å². The van der Waals surface area contributed by atoms with Crippen molar-refractivity contribution in [3.05, 3.63) is 64.7 Å². The van der Waals surface area contributed by atoms with E-state index in [1.54, 1.807) is 48.5 Å². The Morgan fingerprint density at radius 2 is 1.74 bits per heavy atom. The monoisotopic (exact) mass is 519 g/mol. The van der Waals surface area contributed by atoms with E-state index in [2.05, 4.69) is 10.6 Å². The first kappa shape index (κ1) is 25.6. The van der Waals surface area contributed by atoms with Gasteiger partial charge < -0.3 is 15.4 Å². The van der Waals surface area contributed by atoms with Gasteiger partial charge >= 0.3 is 0 Å². The molecule has 2 fully saturated rings. The Bertz CT molecular complexity index is 1160. The van der Waals surface area contributed by atoms with E-state index in [9.17, 15) is 18.0 Å². The highest BCUT2D eigenvalue weighted by molar-refractivity contribution is 7.88. The Balaban J connectivity index is 1.32. The molecule has 2 amide bonds. The van der Waals surface area contributed by atoms with Crippen molar-refractivity contribution in [2.45, 2.75) is 37.5 Å². The van der Waals surface area contributed by atoms with E-state index in [0.29, 0.717) is 47.8 Å². The van der Waals surface area contributed by atoms with Crippen LogP contribution in [0, 0.1) is 5.92 Å². The van der Waals surface area contributed by atoms with Crippen LogP contribution in [0.2, 0.25) is 5.02 Å². The lowest BCUT2D eigenvalue weighted by Gasteiger charge is -2.30. The van der Waals surface area contributed by atoms with Gasteiger partial charge in [0.25, 0.3) is 5.91 Å². The summed E-state index contributed by atoms with van der Waals surface area (Å²) in [5.41, 5.74) is 1.39. The van der Waals surface area contributed by atoms with Crippen molar-refractivity contribution in [3.63, 3.8) is 0 Å². The lowest BCUT2D eigenvalue weighted by atomic mass is 9.97. The second-order valence-corrected chi connectivity index (χ2v) is 11.3. The fourth-order valence-corrected chi connectivity index (χ4v) is 6.31. The van der Waals surface area contributed by atoms with Crippen LogP contribution in [0.3, 0.4) is 0 Å². The van der Waals surface area contributed by atoms with Crippen LogP contribution in [-0.2, 0) is 25.3 Å². The molecule has 35 heavy (non-hydrogen) atoms. The number of carbonyl (C=O) groups excluding carboxylic acids is 2. The van der Waals surface area contributed by atoms with Crippen molar-refractivity contribution in [1.29, 1.82) is 0 Å². The molecule has 0 bridgehead atoms. The summed E-state index contributed by atoms with van der Waals surface area (Å²) in [7, 11) is -3.54. The predicted molar refractivity (Wildman–Crippen MR) is 135 cm³/mol.